The summed E-state index contributed by atoms with van der Waals surface area (Å²) in [7, 11) is 0. The molecule has 1 amide bonds. The number of nitrogens with zero attached hydrogens (tertiary/aromatic N) is 3. The second kappa shape index (κ2) is 4.37. The quantitative estimate of drug-likeness (QED) is 0.683. The highest BCUT2D eigenvalue weighted by Crippen LogP contribution is 2.08. The number of hydrogen-bond acceptors (Lipinski definition) is 4. The third-order valence-corrected chi connectivity index (χ3v) is 2.58. The molecule has 0 unspecified atom stereocenters. The molecule has 2 heterocycles. The van der Waals surface area contributed by atoms with Crippen LogP contribution in [0.1, 0.15) is 0 Å². The molecule has 19 heavy (non-hydrogen) atoms. The number of para-hydroxylation sites is 1. The van der Waals surface area contributed by atoms with Crippen LogP contribution in [0.3, 0.4) is 0 Å². The van der Waals surface area contributed by atoms with Gasteiger partial charge in [-0.15, -0.1) is 0 Å². The van der Waals surface area contributed by atoms with E-state index in [0.717, 1.165) is 4.57 Å². The van der Waals surface area contributed by atoms with Crippen molar-refractivity contribution in [3.63, 3.8) is 0 Å². The first kappa shape index (κ1) is 11.1. The van der Waals surface area contributed by atoms with Crippen molar-refractivity contribution in [1.29, 1.82) is 0 Å². The molecule has 7 nitrogen and oxygen atoms in total. The van der Waals surface area contributed by atoms with Gasteiger partial charge in [0.15, 0.2) is 5.65 Å². The predicted molar refractivity (Wildman–Crippen MR) is 69.0 cm³/mol. The van der Waals surface area contributed by atoms with Crippen LogP contribution in [0.2, 0.25) is 0 Å². The Hall–Kier alpha value is -2.96. The molecule has 0 saturated carbocycles. The molecule has 3 aromatic rings. The molecule has 1 aromatic carbocycles. The van der Waals surface area contributed by atoms with Gasteiger partial charge in [0.25, 0.3) is 0 Å². The molecule has 0 spiro atoms. The molecule has 0 radical (unpaired) electrons. The summed E-state index contributed by atoms with van der Waals surface area (Å²) in [6, 6.07) is 8.30. The molecule has 2 N–H and O–H groups in total. The van der Waals surface area contributed by atoms with Gasteiger partial charge in [0.2, 0.25) is 0 Å². The number of carbonyl (C=O) groups excluding carboxylic acids is 1. The number of rotatable bonds is 1. The van der Waals surface area contributed by atoms with Crippen LogP contribution in [0.5, 0.6) is 0 Å². The van der Waals surface area contributed by atoms with Crippen LogP contribution in [-0.2, 0) is 0 Å². The smallest absolute Gasteiger partial charge is 0.307 e. The Morgan fingerprint density at radius 2 is 2.05 bits per heavy atom. The average Bonchev–Trinajstić information content (AvgIpc) is 2.75. The van der Waals surface area contributed by atoms with Gasteiger partial charge in [-0.05, 0) is 12.1 Å². The van der Waals surface area contributed by atoms with Crippen LogP contribution in [0, 0.1) is 0 Å². The van der Waals surface area contributed by atoms with Crippen molar-refractivity contribution in [2.24, 2.45) is 0 Å². The molecule has 0 bridgehead atoms. The molecule has 0 atom stereocenters. The maximum Gasteiger partial charge on any atom is 0.336 e. The minimum absolute atomic E-state index is 0.244. The van der Waals surface area contributed by atoms with Crippen LogP contribution in [0.25, 0.3) is 11.2 Å². The lowest BCUT2D eigenvalue weighted by molar-refractivity contribution is 0.253. The van der Waals surface area contributed by atoms with E-state index in [4.69, 9.17) is 0 Å². The number of amides is 1. The fourth-order valence-electron chi connectivity index (χ4n) is 1.75. The van der Waals surface area contributed by atoms with E-state index in [1.165, 1.54) is 12.5 Å². The Kier molecular flexibility index (Phi) is 2.57. The summed E-state index contributed by atoms with van der Waals surface area (Å²) in [5.74, 6) is 0. The first-order chi connectivity index (χ1) is 9.25. The number of hydrogen-bond donors (Lipinski definition) is 2. The van der Waals surface area contributed by atoms with E-state index in [2.05, 4.69) is 20.3 Å². The summed E-state index contributed by atoms with van der Waals surface area (Å²) in [5.41, 5.74) is 0.705. The Morgan fingerprint density at radius 1 is 1.26 bits per heavy atom. The number of aromatic nitrogens is 4. The van der Waals surface area contributed by atoms with Gasteiger partial charge in [0.1, 0.15) is 11.8 Å². The molecule has 0 aliphatic heterocycles. The normalized spacial score (nSPS) is 10.5. The van der Waals surface area contributed by atoms with Crippen LogP contribution >= 0.6 is 0 Å². The van der Waals surface area contributed by atoms with Crippen LogP contribution in [-0.4, -0.2) is 25.6 Å². The van der Waals surface area contributed by atoms with Crippen molar-refractivity contribution in [2.75, 3.05) is 5.32 Å². The van der Waals surface area contributed by atoms with E-state index in [1.54, 1.807) is 24.3 Å². The zero-order valence-electron chi connectivity index (χ0n) is 9.70. The molecule has 0 aliphatic carbocycles. The zero-order chi connectivity index (χ0) is 13.2. The molecule has 2 aromatic heterocycles. The summed E-state index contributed by atoms with van der Waals surface area (Å²) in [4.78, 5) is 34.1. The van der Waals surface area contributed by atoms with Gasteiger partial charge in [0.05, 0.1) is 6.20 Å². The SMILES string of the molecule is O=C(Nc1ccccc1)n1c(=O)[nH]c2cncnc21. The monoisotopic (exact) mass is 255 g/mol. The Bertz CT molecular complexity index is 790. The van der Waals surface area contributed by atoms with E-state index in [0.29, 0.717) is 11.2 Å². The summed E-state index contributed by atoms with van der Waals surface area (Å²) in [6.45, 7) is 0. The average molecular weight is 255 g/mol. The van der Waals surface area contributed by atoms with Gasteiger partial charge in [-0.25, -0.2) is 19.6 Å². The van der Waals surface area contributed by atoms with Gasteiger partial charge in [-0.1, -0.05) is 18.2 Å². The van der Waals surface area contributed by atoms with E-state index < -0.39 is 11.7 Å². The number of anilines is 1. The van der Waals surface area contributed by atoms with Gasteiger partial charge in [0, 0.05) is 5.69 Å². The van der Waals surface area contributed by atoms with Gasteiger partial charge in [-0.3, -0.25) is 0 Å². The summed E-state index contributed by atoms with van der Waals surface area (Å²) < 4.78 is 0.935. The summed E-state index contributed by atoms with van der Waals surface area (Å²) >= 11 is 0. The number of imidazole rings is 1. The minimum atomic E-state index is -0.568. The molecule has 0 fully saturated rings. The number of benzene rings is 1. The first-order valence-electron chi connectivity index (χ1n) is 5.53. The van der Waals surface area contributed by atoms with Crippen molar-refractivity contribution in [2.45, 2.75) is 0 Å². The lowest BCUT2D eigenvalue weighted by atomic mass is 10.3. The maximum absolute atomic E-state index is 12.1. The van der Waals surface area contributed by atoms with Crippen LogP contribution < -0.4 is 11.0 Å². The highest BCUT2D eigenvalue weighted by atomic mass is 16.2. The minimum Gasteiger partial charge on any atom is -0.307 e. The maximum atomic E-state index is 12.1. The van der Waals surface area contributed by atoms with E-state index in [-0.39, 0.29) is 5.65 Å². The Labute approximate surface area is 106 Å². The van der Waals surface area contributed by atoms with Gasteiger partial charge < -0.3 is 10.3 Å². The molecule has 3 rings (SSSR count). The van der Waals surface area contributed by atoms with Crippen molar-refractivity contribution in [3.8, 4) is 0 Å². The predicted octanol–water partition coefficient (Wildman–Crippen LogP) is 1.20. The van der Waals surface area contributed by atoms with Crippen LogP contribution in [0.4, 0.5) is 10.5 Å². The topological polar surface area (TPSA) is 92.7 Å². The van der Waals surface area contributed by atoms with Crippen molar-refractivity contribution in [3.05, 3.63) is 53.3 Å². The van der Waals surface area contributed by atoms with E-state index in [9.17, 15) is 9.59 Å². The molecule has 0 saturated heterocycles. The molecule has 94 valence electrons. The van der Waals surface area contributed by atoms with Crippen molar-refractivity contribution >= 4 is 22.9 Å². The Balaban J connectivity index is 2.03. The second-order valence-corrected chi connectivity index (χ2v) is 3.82. The highest BCUT2D eigenvalue weighted by Gasteiger charge is 2.14. The number of nitrogens with one attached hydrogen (secondary N) is 2. The number of fused-ring (bicyclic) bond motifs is 1. The standard InChI is InChI=1S/C12H9N5O2/c18-11(15-8-4-2-1-3-5-8)17-10-9(16-12(17)19)6-13-7-14-10/h1-7H,(H,15,18)(H,16,19). The first-order valence-corrected chi connectivity index (χ1v) is 5.53. The fraction of sp³-hybridized carbons (Fsp3) is 0. The molecular weight excluding hydrogens is 246 g/mol. The fourth-order valence-corrected chi connectivity index (χ4v) is 1.75. The number of aromatic amines is 1. The molecule has 0 aliphatic rings. The van der Waals surface area contributed by atoms with Gasteiger partial charge >= 0.3 is 11.7 Å². The van der Waals surface area contributed by atoms with Gasteiger partial charge in [-0.2, -0.15) is 4.57 Å². The Morgan fingerprint density at radius 3 is 2.84 bits per heavy atom. The number of H-pyrrole nitrogens is 1. The lowest BCUT2D eigenvalue weighted by Crippen LogP contribution is -2.29. The highest BCUT2D eigenvalue weighted by molar-refractivity contribution is 5.95. The lowest BCUT2D eigenvalue weighted by Gasteiger charge is -2.04. The van der Waals surface area contributed by atoms with Crippen LogP contribution in [0.15, 0.2) is 47.7 Å². The molecule has 7 heteroatoms. The molecular formula is C12H9N5O2. The van der Waals surface area contributed by atoms with Crippen molar-refractivity contribution < 1.29 is 4.79 Å². The summed E-state index contributed by atoms with van der Waals surface area (Å²) in [6.07, 6.45) is 2.72. The number of carbonyl (C=O) groups is 1. The summed E-state index contributed by atoms with van der Waals surface area (Å²) in [5, 5.41) is 2.62. The third kappa shape index (κ3) is 1.97. The second-order valence-electron chi connectivity index (χ2n) is 3.82. The zero-order valence-corrected chi connectivity index (χ0v) is 9.70. The van der Waals surface area contributed by atoms with E-state index >= 15 is 0 Å². The largest absolute Gasteiger partial charge is 0.336 e. The van der Waals surface area contributed by atoms with E-state index in [1.807, 2.05) is 6.07 Å². The van der Waals surface area contributed by atoms with Crippen molar-refractivity contribution in [1.82, 2.24) is 19.5 Å². The third-order valence-electron chi connectivity index (χ3n) is 2.58.